The molecule has 0 saturated carbocycles. The van der Waals surface area contributed by atoms with Gasteiger partial charge >= 0.3 is 6.11 Å². The first-order valence-electron chi connectivity index (χ1n) is 8.11. The first-order valence-corrected chi connectivity index (χ1v) is 8.11. The van der Waals surface area contributed by atoms with Gasteiger partial charge in [0.2, 0.25) is 0 Å². The van der Waals surface area contributed by atoms with Crippen molar-refractivity contribution >= 4 is 0 Å². The van der Waals surface area contributed by atoms with E-state index in [9.17, 15) is 13.9 Å². The summed E-state index contributed by atoms with van der Waals surface area (Å²) in [5, 5.41) is 10.3. The van der Waals surface area contributed by atoms with Crippen molar-refractivity contribution in [2.45, 2.75) is 78.2 Å². The zero-order chi connectivity index (χ0) is 16.9. The second-order valence-electron chi connectivity index (χ2n) is 6.46. The smallest absolute Gasteiger partial charge is 0.397 e. The average molecular weight is 314 g/mol. The van der Waals surface area contributed by atoms with Gasteiger partial charge in [-0.2, -0.15) is 8.78 Å². The number of hydrogen-bond acceptors (Lipinski definition) is 2. The van der Waals surface area contributed by atoms with E-state index in [1.807, 2.05) is 34.6 Å². The number of phenols is 1. The Balaban J connectivity index is 3.04. The molecule has 1 aromatic carbocycles. The SMILES string of the molecule is CCCCCC(F)(F)Oc1cc(C(C)C)c(O)c(C(C)C)c1. The molecule has 0 amide bonds. The van der Waals surface area contributed by atoms with Crippen molar-refractivity contribution in [3.63, 3.8) is 0 Å². The van der Waals surface area contributed by atoms with E-state index < -0.39 is 6.11 Å². The fourth-order valence-electron chi connectivity index (χ4n) is 2.39. The molecular weight excluding hydrogens is 286 g/mol. The van der Waals surface area contributed by atoms with E-state index in [4.69, 9.17) is 4.74 Å². The van der Waals surface area contributed by atoms with Gasteiger partial charge in [0.1, 0.15) is 11.5 Å². The van der Waals surface area contributed by atoms with E-state index in [1.54, 1.807) is 0 Å². The van der Waals surface area contributed by atoms with Gasteiger partial charge in [-0.3, -0.25) is 0 Å². The Hall–Kier alpha value is -1.32. The molecule has 126 valence electrons. The number of benzene rings is 1. The van der Waals surface area contributed by atoms with Crippen molar-refractivity contribution in [1.29, 1.82) is 0 Å². The van der Waals surface area contributed by atoms with Crippen LogP contribution in [0.3, 0.4) is 0 Å². The maximum absolute atomic E-state index is 13.9. The maximum Gasteiger partial charge on any atom is 0.397 e. The third-order valence-corrected chi connectivity index (χ3v) is 3.72. The van der Waals surface area contributed by atoms with Crippen LogP contribution in [0.15, 0.2) is 12.1 Å². The number of unbranched alkanes of at least 4 members (excludes halogenated alkanes) is 2. The number of aromatic hydroxyl groups is 1. The molecule has 1 rings (SSSR count). The van der Waals surface area contributed by atoms with Crippen LogP contribution in [-0.2, 0) is 0 Å². The average Bonchev–Trinajstić information content (AvgIpc) is 2.39. The normalized spacial score (nSPS) is 12.2. The van der Waals surface area contributed by atoms with Crippen LogP contribution in [0.1, 0.15) is 83.3 Å². The molecule has 22 heavy (non-hydrogen) atoms. The first-order chi connectivity index (χ1) is 10.2. The second-order valence-corrected chi connectivity index (χ2v) is 6.46. The van der Waals surface area contributed by atoms with Gasteiger partial charge in [-0.05, 0) is 30.4 Å². The van der Waals surface area contributed by atoms with Gasteiger partial charge in [-0.15, -0.1) is 0 Å². The third-order valence-electron chi connectivity index (χ3n) is 3.72. The standard InChI is InChI=1S/C18H28F2O2/c1-6-7-8-9-18(19,20)22-14-10-15(12(2)3)17(21)16(11-14)13(4)5/h10-13,21H,6-9H2,1-5H3. The summed E-state index contributed by atoms with van der Waals surface area (Å²) in [4.78, 5) is 0. The summed E-state index contributed by atoms with van der Waals surface area (Å²) in [6.07, 6.45) is -1.35. The highest BCUT2D eigenvalue weighted by Gasteiger charge is 2.31. The number of ether oxygens (including phenoxy) is 1. The highest BCUT2D eigenvalue weighted by molar-refractivity contribution is 5.49. The summed E-state index contributed by atoms with van der Waals surface area (Å²) in [6.45, 7) is 9.65. The van der Waals surface area contributed by atoms with E-state index in [0.717, 1.165) is 12.8 Å². The topological polar surface area (TPSA) is 29.5 Å². The summed E-state index contributed by atoms with van der Waals surface area (Å²) >= 11 is 0. The Morgan fingerprint density at radius 1 is 1.05 bits per heavy atom. The number of hydrogen-bond donors (Lipinski definition) is 1. The molecule has 1 aromatic rings. The van der Waals surface area contributed by atoms with Gasteiger partial charge in [0.15, 0.2) is 0 Å². The minimum absolute atomic E-state index is 0.0368. The monoisotopic (exact) mass is 314 g/mol. The van der Waals surface area contributed by atoms with Crippen molar-refractivity contribution in [3.8, 4) is 11.5 Å². The molecule has 0 radical (unpaired) electrons. The highest BCUT2D eigenvalue weighted by Crippen LogP contribution is 2.39. The lowest BCUT2D eigenvalue weighted by Crippen LogP contribution is -2.24. The molecule has 0 bridgehead atoms. The van der Waals surface area contributed by atoms with Gasteiger partial charge in [0.05, 0.1) is 6.42 Å². The van der Waals surface area contributed by atoms with E-state index in [1.165, 1.54) is 12.1 Å². The Kier molecular flexibility index (Phi) is 6.64. The van der Waals surface area contributed by atoms with Crippen LogP contribution >= 0.6 is 0 Å². The second kappa shape index (κ2) is 7.80. The number of phenolic OH excluding ortho intramolecular Hbond substituents is 1. The third kappa shape index (κ3) is 5.15. The molecule has 0 aliphatic rings. The number of rotatable bonds is 8. The molecule has 1 N–H and O–H groups in total. The summed E-state index contributed by atoms with van der Waals surface area (Å²) in [5.41, 5.74) is 1.29. The van der Waals surface area contributed by atoms with Crippen LogP contribution in [-0.4, -0.2) is 11.2 Å². The maximum atomic E-state index is 13.9. The molecule has 0 saturated heterocycles. The largest absolute Gasteiger partial charge is 0.507 e. The zero-order valence-corrected chi connectivity index (χ0v) is 14.2. The van der Waals surface area contributed by atoms with E-state index in [2.05, 4.69) is 0 Å². The fraction of sp³-hybridized carbons (Fsp3) is 0.667. The van der Waals surface area contributed by atoms with Gasteiger partial charge in [0.25, 0.3) is 0 Å². The number of halogens is 2. The molecular formula is C18H28F2O2. The Bertz CT molecular complexity index is 453. The molecule has 0 fully saturated rings. The lowest BCUT2D eigenvalue weighted by molar-refractivity contribution is -0.181. The van der Waals surface area contributed by atoms with E-state index in [0.29, 0.717) is 17.5 Å². The van der Waals surface area contributed by atoms with Crippen LogP contribution in [0.5, 0.6) is 11.5 Å². The summed E-state index contributed by atoms with van der Waals surface area (Å²) in [7, 11) is 0. The molecule has 0 aliphatic carbocycles. The molecule has 0 atom stereocenters. The Morgan fingerprint density at radius 2 is 1.55 bits per heavy atom. The summed E-state index contributed by atoms with van der Waals surface area (Å²) in [6, 6.07) is 3.05. The summed E-state index contributed by atoms with van der Waals surface area (Å²) in [5.74, 6) is 0.392. The fourth-order valence-corrected chi connectivity index (χ4v) is 2.39. The molecule has 0 aliphatic heterocycles. The van der Waals surface area contributed by atoms with Gasteiger partial charge in [-0.1, -0.05) is 47.5 Å². The van der Waals surface area contributed by atoms with Crippen LogP contribution in [0, 0.1) is 0 Å². The Labute approximate surface area is 132 Å². The first kappa shape index (κ1) is 18.7. The van der Waals surface area contributed by atoms with E-state index in [-0.39, 0.29) is 29.8 Å². The number of alkyl halides is 2. The predicted molar refractivity (Wildman–Crippen MR) is 86.0 cm³/mol. The van der Waals surface area contributed by atoms with Crippen LogP contribution < -0.4 is 4.74 Å². The molecule has 0 aromatic heterocycles. The minimum Gasteiger partial charge on any atom is -0.507 e. The van der Waals surface area contributed by atoms with Gasteiger partial charge in [-0.25, -0.2) is 0 Å². The van der Waals surface area contributed by atoms with E-state index >= 15 is 0 Å². The lowest BCUT2D eigenvalue weighted by Gasteiger charge is -2.22. The summed E-state index contributed by atoms with van der Waals surface area (Å²) < 4.78 is 32.8. The van der Waals surface area contributed by atoms with Crippen LogP contribution in [0.2, 0.25) is 0 Å². The minimum atomic E-state index is -3.17. The highest BCUT2D eigenvalue weighted by atomic mass is 19.3. The van der Waals surface area contributed by atoms with Crippen molar-refractivity contribution in [2.24, 2.45) is 0 Å². The Morgan fingerprint density at radius 3 is 1.95 bits per heavy atom. The quantitative estimate of drug-likeness (QED) is 0.580. The van der Waals surface area contributed by atoms with Gasteiger partial charge < -0.3 is 9.84 Å². The zero-order valence-electron chi connectivity index (χ0n) is 14.2. The van der Waals surface area contributed by atoms with Crippen LogP contribution in [0.4, 0.5) is 8.78 Å². The van der Waals surface area contributed by atoms with Crippen molar-refractivity contribution < 1.29 is 18.6 Å². The lowest BCUT2D eigenvalue weighted by atomic mass is 9.93. The predicted octanol–water partition coefficient (Wildman–Crippen LogP) is 6.19. The van der Waals surface area contributed by atoms with Crippen molar-refractivity contribution in [1.82, 2.24) is 0 Å². The van der Waals surface area contributed by atoms with Gasteiger partial charge in [0, 0.05) is 11.1 Å². The van der Waals surface area contributed by atoms with Crippen LogP contribution in [0.25, 0.3) is 0 Å². The molecule has 0 heterocycles. The molecule has 0 unspecified atom stereocenters. The molecule has 0 spiro atoms. The van der Waals surface area contributed by atoms with Crippen molar-refractivity contribution in [3.05, 3.63) is 23.3 Å². The van der Waals surface area contributed by atoms with Crippen molar-refractivity contribution in [2.75, 3.05) is 0 Å². The molecule has 4 heteroatoms. The molecule has 2 nitrogen and oxygen atoms in total.